The molecule has 25 heavy (non-hydrogen) atoms. The molecule has 0 aliphatic carbocycles. The molecule has 3 nitrogen and oxygen atoms in total. The van der Waals surface area contributed by atoms with E-state index in [0.29, 0.717) is 30.1 Å². The lowest BCUT2D eigenvalue weighted by molar-refractivity contribution is -0.137. The van der Waals surface area contributed by atoms with Gasteiger partial charge in [0.1, 0.15) is 12.4 Å². The summed E-state index contributed by atoms with van der Waals surface area (Å²) in [6.07, 6.45) is -1.80. The maximum Gasteiger partial charge on any atom is 0.416 e. The highest BCUT2D eigenvalue weighted by atomic mass is 19.4. The zero-order valence-electron chi connectivity index (χ0n) is 13.5. The minimum Gasteiger partial charge on any atom is -0.491 e. The lowest BCUT2D eigenvalue weighted by atomic mass is 10.1. The van der Waals surface area contributed by atoms with Crippen LogP contribution in [-0.2, 0) is 10.9 Å². The highest BCUT2D eigenvalue weighted by Gasteiger charge is 2.30. The Balaban J connectivity index is 2.03. The largest absolute Gasteiger partial charge is 0.491 e. The average Bonchev–Trinajstić information content (AvgIpc) is 2.60. The third-order valence-electron chi connectivity index (χ3n) is 3.34. The van der Waals surface area contributed by atoms with Gasteiger partial charge in [0.2, 0.25) is 0 Å². The second-order valence-electron chi connectivity index (χ2n) is 5.19. The van der Waals surface area contributed by atoms with E-state index in [0.717, 1.165) is 12.1 Å². The predicted molar refractivity (Wildman–Crippen MR) is 88.6 cm³/mol. The first-order valence-electron chi connectivity index (χ1n) is 7.51. The van der Waals surface area contributed by atoms with Crippen molar-refractivity contribution >= 4 is 11.9 Å². The fraction of sp³-hybridized carbons (Fsp3) is 0.211. The van der Waals surface area contributed by atoms with Crippen molar-refractivity contribution < 1.29 is 27.4 Å². The first kappa shape index (κ1) is 18.7. The predicted octanol–water partition coefficient (Wildman–Crippen LogP) is 4.63. The molecule has 2 rings (SSSR count). The first-order valence-corrected chi connectivity index (χ1v) is 7.51. The number of carbonyl (C=O) groups excluding carboxylic acids is 1. The Morgan fingerprint density at radius 3 is 2.44 bits per heavy atom. The number of hydrogen-bond donors (Lipinski definition) is 0. The Labute approximate surface area is 143 Å². The highest BCUT2D eigenvalue weighted by Crippen LogP contribution is 2.29. The molecule has 0 amide bonds. The Morgan fingerprint density at radius 1 is 1.08 bits per heavy atom. The number of rotatable bonds is 7. The van der Waals surface area contributed by atoms with E-state index in [4.69, 9.17) is 9.47 Å². The van der Waals surface area contributed by atoms with Crippen LogP contribution in [0.5, 0.6) is 5.75 Å². The van der Waals surface area contributed by atoms with Gasteiger partial charge in [-0.3, -0.25) is 4.79 Å². The molecule has 0 radical (unpaired) electrons. The summed E-state index contributed by atoms with van der Waals surface area (Å²) in [5.41, 5.74) is -0.0235. The second-order valence-corrected chi connectivity index (χ2v) is 5.19. The van der Waals surface area contributed by atoms with Gasteiger partial charge in [-0.25, -0.2) is 0 Å². The van der Waals surface area contributed by atoms with Crippen LogP contribution in [0.3, 0.4) is 0 Å². The summed E-state index contributed by atoms with van der Waals surface area (Å²) < 4.78 is 48.3. The minimum absolute atomic E-state index is 0.305. The standard InChI is InChI=1S/C19H17F3O3/c1-24-11-12-25-17-8-6-15(7-9-17)18(23)10-5-14-3-2-4-16(13-14)19(20,21)22/h2-10,13H,11-12H2,1H3. The molecule has 0 saturated carbocycles. The summed E-state index contributed by atoms with van der Waals surface area (Å²) in [6, 6.07) is 11.3. The van der Waals surface area contributed by atoms with Gasteiger partial charge >= 0.3 is 6.18 Å². The number of ketones is 1. The Hall–Kier alpha value is -2.60. The monoisotopic (exact) mass is 350 g/mol. The average molecular weight is 350 g/mol. The normalized spacial score (nSPS) is 11.7. The summed E-state index contributed by atoms with van der Waals surface area (Å²) >= 11 is 0. The van der Waals surface area contributed by atoms with Gasteiger partial charge in [-0.1, -0.05) is 18.2 Å². The molecule has 0 atom stereocenters. The van der Waals surface area contributed by atoms with E-state index < -0.39 is 11.7 Å². The van der Waals surface area contributed by atoms with Crippen LogP contribution < -0.4 is 4.74 Å². The molecule has 0 N–H and O–H groups in total. The molecule has 2 aromatic rings. The molecule has 2 aromatic carbocycles. The van der Waals surface area contributed by atoms with Crippen molar-refractivity contribution in [1.29, 1.82) is 0 Å². The SMILES string of the molecule is COCCOc1ccc(C(=O)C=Cc2cccc(C(F)(F)F)c2)cc1. The molecule has 0 aliphatic rings. The molecule has 132 valence electrons. The molecular formula is C19H17F3O3. The van der Waals surface area contributed by atoms with Crippen molar-refractivity contribution in [2.75, 3.05) is 20.3 Å². The van der Waals surface area contributed by atoms with E-state index in [1.807, 2.05) is 0 Å². The van der Waals surface area contributed by atoms with Gasteiger partial charge in [0.25, 0.3) is 0 Å². The summed E-state index contributed by atoms with van der Waals surface area (Å²) in [4.78, 5) is 12.1. The van der Waals surface area contributed by atoms with Crippen LogP contribution in [0.4, 0.5) is 13.2 Å². The molecule has 0 fully saturated rings. The molecule has 0 spiro atoms. The zero-order chi connectivity index (χ0) is 18.3. The lowest BCUT2D eigenvalue weighted by Crippen LogP contribution is -2.04. The van der Waals surface area contributed by atoms with Crippen molar-refractivity contribution in [1.82, 2.24) is 0 Å². The molecule has 0 aromatic heterocycles. The van der Waals surface area contributed by atoms with E-state index in [-0.39, 0.29) is 5.78 Å². The van der Waals surface area contributed by atoms with E-state index in [1.165, 1.54) is 24.3 Å². The number of hydrogen-bond acceptors (Lipinski definition) is 3. The van der Waals surface area contributed by atoms with Gasteiger partial charge < -0.3 is 9.47 Å². The Kier molecular flexibility index (Phi) is 6.36. The number of benzene rings is 2. The van der Waals surface area contributed by atoms with Crippen LogP contribution in [0.15, 0.2) is 54.6 Å². The van der Waals surface area contributed by atoms with E-state index in [9.17, 15) is 18.0 Å². The number of halogens is 3. The summed E-state index contributed by atoms with van der Waals surface area (Å²) in [5, 5.41) is 0. The van der Waals surface area contributed by atoms with Crippen LogP contribution in [0.25, 0.3) is 6.08 Å². The van der Waals surface area contributed by atoms with E-state index in [1.54, 1.807) is 31.4 Å². The molecule has 0 saturated heterocycles. The number of carbonyl (C=O) groups is 1. The third kappa shape index (κ3) is 5.76. The van der Waals surface area contributed by atoms with Crippen molar-refractivity contribution in [3.8, 4) is 5.75 Å². The highest BCUT2D eigenvalue weighted by molar-refractivity contribution is 6.06. The van der Waals surface area contributed by atoms with Crippen LogP contribution in [0.1, 0.15) is 21.5 Å². The maximum atomic E-state index is 12.7. The van der Waals surface area contributed by atoms with Crippen LogP contribution >= 0.6 is 0 Å². The number of methoxy groups -OCH3 is 1. The second kappa shape index (κ2) is 8.48. The van der Waals surface area contributed by atoms with Gasteiger partial charge in [0.15, 0.2) is 5.78 Å². The van der Waals surface area contributed by atoms with Crippen LogP contribution in [-0.4, -0.2) is 26.1 Å². The van der Waals surface area contributed by atoms with Gasteiger partial charge in [-0.05, 0) is 48.0 Å². The summed E-state index contributed by atoms with van der Waals surface area (Å²) in [5.74, 6) is 0.302. The smallest absolute Gasteiger partial charge is 0.416 e. The van der Waals surface area contributed by atoms with Crippen molar-refractivity contribution in [2.24, 2.45) is 0 Å². The number of allylic oxidation sites excluding steroid dienone is 1. The van der Waals surface area contributed by atoms with Crippen molar-refractivity contribution in [3.63, 3.8) is 0 Å². The topological polar surface area (TPSA) is 35.5 Å². The minimum atomic E-state index is -4.41. The molecule has 0 aliphatic heterocycles. The number of ether oxygens (including phenoxy) is 2. The fourth-order valence-corrected chi connectivity index (χ4v) is 2.05. The van der Waals surface area contributed by atoms with Gasteiger partial charge in [0.05, 0.1) is 12.2 Å². The molecule has 0 bridgehead atoms. The van der Waals surface area contributed by atoms with Crippen molar-refractivity contribution in [2.45, 2.75) is 6.18 Å². The summed E-state index contributed by atoms with van der Waals surface area (Å²) in [6.45, 7) is 0.861. The van der Waals surface area contributed by atoms with Gasteiger partial charge in [0, 0.05) is 12.7 Å². The fourth-order valence-electron chi connectivity index (χ4n) is 2.05. The van der Waals surface area contributed by atoms with Gasteiger partial charge in [-0.2, -0.15) is 13.2 Å². The zero-order valence-corrected chi connectivity index (χ0v) is 13.5. The maximum absolute atomic E-state index is 12.7. The van der Waals surface area contributed by atoms with E-state index >= 15 is 0 Å². The third-order valence-corrected chi connectivity index (χ3v) is 3.34. The lowest BCUT2D eigenvalue weighted by Gasteiger charge is -2.06. The van der Waals surface area contributed by atoms with Crippen molar-refractivity contribution in [3.05, 3.63) is 71.3 Å². The van der Waals surface area contributed by atoms with Gasteiger partial charge in [-0.15, -0.1) is 0 Å². The van der Waals surface area contributed by atoms with Crippen LogP contribution in [0, 0.1) is 0 Å². The van der Waals surface area contributed by atoms with Crippen LogP contribution in [0.2, 0.25) is 0 Å². The Morgan fingerprint density at radius 2 is 1.80 bits per heavy atom. The molecule has 0 unspecified atom stereocenters. The molecule has 0 heterocycles. The summed E-state index contributed by atoms with van der Waals surface area (Å²) in [7, 11) is 1.57. The molecule has 6 heteroatoms. The Bertz CT molecular complexity index is 734. The number of alkyl halides is 3. The van der Waals surface area contributed by atoms with E-state index in [2.05, 4.69) is 0 Å². The quantitative estimate of drug-likeness (QED) is 0.415. The molecular weight excluding hydrogens is 333 g/mol. The first-order chi connectivity index (χ1) is 11.9.